The molecular formula is C24H33N6O4PS2. The normalized spacial score (nSPS) is 13.5. The lowest BCUT2D eigenvalue weighted by Crippen LogP contribution is -2.26. The van der Waals surface area contributed by atoms with Gasteiger partial charge in [-0.05, 0) is 50.8 Å². The topological polar surface area (TPSA) is 142 Å². The van der Waals surface area contributed by atoms with Crippen molar-refractivity contribution in [1.29, 1.82) is 5.26 Å². The molecule has 13 heteroatoms. The van der Waals surface area contributed by atoms with Crippen molar-refractivity contribution in [2.45, 2.75) is 57.5 Å². The molecule has 3 N–H and O–H groups in total. The largest absolute Gasteiger partial charge is 0.434 e. The lowest BCUT2D eigenvalue weighted by Gasteiger charge is -2.19. The Morgan fingerprint density at radius 1 is 1.19 bits per heavy atom. The number of thioether (sulfide) groups is 1. The first-order valence-corrected chi connectivity index (χ1v) is 15.3. The van der Waals surface area contributed by atoms with Crippen LogP contribution in [0.5, 0.6) is 0 Å². The summed E-state index contributed by atoms with van der Waals surface area (Å²) < 4.78 is 24.4. The smallest absolute Gasteiger partial charge is 0.394 e. The van der Waals surface area contributed by atoms with Crippen LogP contribution >= 0.6 is 30.8 Å². The second-order valence-electron chi connectivity index (χ2n) is 8.62. The summed E-state index contributed by atoms with van der Waals surface area (Å²) in [6.07, 6.45) is 0.746. The van der Waals surface area contributed by atoms with Crippen molar-refractivity contribution in [3.05, 3.63) is 35.4 Å². The zero-order valence-corrected chi connectivity index (χ0v) is 24.1. The Balaban J connectivity index is 1.99. The summed E-state index contributed by atoms with van der Waals surface area (Å²) in [6.45, 7) is 10.0. The molecule has 0 saturated heterocycles. The first kappa shape index (κ1) is 29.3. The van der Waals surface area contributed by atoms with E-state index in [2.05, 4.69) is 40.3 Å². The molecule has 2 unspecified atom stereocenters. The molecule has 37 heavy (non-hydrogen) atoms. The molecule has 2 aromatic heterocycles. The summed E-state index contributed by atoms with van der Waals surface area (Å²) in [6, 6.07) is 9.39. The predicted molar refractivity (Wildman–Crippen MR) is 149 cm³/mol. The maximum atomic E-state index is 13.0. The monoisotopic (exact) mass is 564 g/mol. The maximum Gasteiger partial charge on any atom is 0.434 e. The number of rotatable bonds is 14. The lowest BCUT2D eigenvalue weighted by atomic mass is 10.0. The molecule has 10 nitrogen and oxygen atoms in total. The number of hydrogen-bond donors (Lipinski definition) is 3. The predicted octanol–water partition coefficient (Wildman–Crippen LogP) is 6.22. The molecule has 0 aliphatic rings. The zero-order valence-electron chi connectivity index (χ0n) is 21.6. The number of benzene rings is 1. The number of hydrogen-bond acceptors (Lipinski definition) is 11. The Labute approximate surface area is 225 Å². The fourth-order valence-electron chi connectivity index (χ4n) is 3.59. The van der Waals surface area contributed by atoms with E-state index in [0.717, 1.165) is 12.0 Å². The molecule has 0 radical (unpaired) electrons. The van der Waals surface area contributed by atoms with Crippen LogP contribution in [-0.2, 0) is 13.6 Å². The highest BCUT2D eigenvalue weighted by molar-refractivity contribution is 7.99. The molecule has 0 bridgehead atoms. The molecule has 3 rings (SSSR count). The number of aliphatic hydroxyl groups excluding tert-OH is 1. The van der Waals surface area contributed by atoms with Gasteiger partial charge in [0.15, 0.2) is 21.8 Å². The van der Waals surface area contributed by atoms with Gasteiger partial charge in [0, 0.05) is 5.25 Å². The van der Waals surface area contributed by atoms with Crippen molar-refractivity contribution in [1.82, 2.24) is 15.0 Å². The summed E-state index contributed by atoms with van der Waals surface area (Å²) in [7, 11) is -3.59. The second-order valence-corrected chi connectivity index (χ2v) is 12.7. The van der Waals surface area contributed by atoms with Crippen LogP contribution in [0.3, 0.4) is 0 Å². The van der Waals surface area contributed by atoms with Crippen molar-refractivity contribution in [2.24, 2.45) is 5.92 Å². The zero-order chi connectivity index (χ0) is 27.0. The van der Waals surface area contributed by atoms with E-state index in [4.69, 9.17) is 14.0 Å². The minimum absolute atomic E-state index is 0.0322. The van der Waals surface area contributed by atoms with Gasteiger partial charge in [-0.1, -0.05) is 49.1 Å². The molecular weight excluding hydrogens is 531 g/mol. The minimum atomic E-state index is -3.59. The average molecular weight is 565 g/mol. The summed E-state index contributed by atoms with van der Waals surface area (Å²) in [5, 5.41) is 26.2. The van der Waals surface area contributed by atoms with Gasteiger partial charge in [-0.2, -0.15) is 10.2 Å². The molecule has 2 heterocycles. The van der Waals surface area contributed by atoms with E-state index in [1.807, 2.05) is 25.1 Å². The number of nitrogens with one attached hydrogen (secondary N) is 2. The van der Waals surface area contributed by atoms with Gasteiger partial charge in [-0.3, -0.25) is 14.1 Å². The molecule has 0 spiro atoms. The third-order valence-corrected chi connectivity index (χ3v) is 8.97. The van der Waals surface area contributed by atoms with Gasteiger partial charge in [0.25, 0.3) is 0 Å². The fraction of sp³-hybridized carbons (Fsp3) is 0.500. The van der Waals surface area contributed by atoms with Crippen molar-refractivity contribution in [3.63, 3.8) is 0 Å². The Morgan fingerprint density at radius 2 is 1.92 bits per heavy atom. The number of aromatic nitrogens is 3. The van der Waals surface area contributed by atoms with Gasteiger partial charge in [0.05, 0.1) is 37.5 Å². The van der Waals surface area contributed by atoms with E-state index in [1.54, 1.807) is 19.9 Å². The van der Waals surface area contributed by atoms with E-state index in [0.29, 0.717) is 37.9 Å². The standard InChI is InChI=1S/C24H33N6O4PS2/c1-6-33-35(32,34-7-2)30-24-29-22-20(37-24)21(26-19(14-31)11-15(3)4)27-23(28-22)36-16(5)18-10-8-9-17(12-18)13-25/h8-10,12,15-16,19,31H,6-7,11,14H2,1-5H3,(H2,26,27,28,29,30,32). The van der Waals surface area contributed by atoms with Crippen LogP contribution in [-0.4, -0.2) is 45.9 Å². The van der Waals surface area contributed by atoms with Crippen LogP contribution < -0.4 is 10.4 Å². The molecule has 200 valence electrons. The minimum Gasteiger partial charge on any atom is -0.394 e. The molecule has 3 aromatic rings. The van der Waals surface area contributed by atoms with Crippen molar-refractivity contribution < 1.29 is 18.7 Å². The van der Waals surface area contributed by atoms with Gasteiger partial charge in [-0.25, -0.2) is 14.5 Å². The van der Waals surface area contributed by atoms with E-state index in [1.165, 1.54) is 23.1 Å². The van der Waals surface area contributed by atoms with Crippen molar-refractivity contribution >= 4 is 52.1 Å². The van der Waals surface area contributed by atoms with E-state index in [-0.39, 0.29) is 31.1 Å². The highest BCUT2D eigenvalue weighted by Crippen LogP contribution is 2.49. The van der Waals surface area contributed by atoms with Crippen LogP contribution in [0.15, 0.2) is 29.4 Å². The number of anilines is 2. The molecule has 2 atom stereocenters. The van der Waals surface area contributed by atoms with Gasteiger partial charge in [0.1, 0.15) is 4.70 Å². The van der Waals surface area contributed by atoms with E-state index < -0.39 is 7.75 Å². The molecule has 1 aromatic carbocycles. The summed E-state index contributed by atoms with van der Waals surface area (Å²) in [4.78, 5) is 14.0. The Morgan fingerprint density at radius 3 is 2.54 bits per heavy atom. The molecule has 0 saturated carbocycles. The molecule has 0 aliphatic carbocycles. The van der Waals surface area contributed by atoms with Crippen LogP contribution in [0.2, 0.25) is 0 Å². The third-order valence-electron chi connectivity index (χ3n) is 5.15. The van der Waals surface area contributed by atoms with E-state index in [9.17, 15) is 14.9 Å². The highest BCUT2D eigenvalue weighted by Gasteiger charge is 2.27. The highest BCUT2D eigenvalue weighted by atomic mass is 32.2. The first-order chi connectivity index (χ1) is 17.7. The number of nitriles is 1. The van der Waals surface area contributed by atoms with Crippen LogP contribution in [0, 0.1) is 17.2 Å². The number of nitrogens with zero attached hydrogens (tertiary/aromatic N) is 4. The number of thiazole rings is 1. The summed E-state index contributed by atoms with van der Waals surface area (Å²) in [5.41, 5.74) is 1.99. The Bertz CT molecular complexity index is 1270. The number of fused-ring (bicyclic) bond motifs is 1. The van der Waals surface area contributed by atoms with E-state index >= 15 is 0 Å². The summed E-state index contributed by atoms with van der Waals surface area (Å²) in [5.74, 6) is 0.906. The van der Waals surface area contributed by atoms with Crippen molar-refractivity contribution in [2.75, 3.05) is 30.2 Å². The van der Waals surface area contributed by atoms with Crippen LogP contribution in [0.25, 0.3) is 10.3 Å². The average Bonchev–Trinajstić information content (AvgIpc) is 3.25. The quantitative estimate of drug-likeness (QED) is 0.117. The fourth-order valence-corrected chi connectivity index (χ4v) is 6.87. The SMILES string of the molecule is CCOP(=O)(Nc1nc2nc(SC(C)c3cccc(C#N)c3)nc(NC(CO)CC(C)C)c2s1)OCC. The molecule has 0 amide bonds. The van der Waals surface area contributed by atoms with Crippen LogP contribution in [0.4, 0.5) is 10.9 Å². The summed E-state index contributed by atoms with van der Waals surface area (Å²) >= 11 is 2.67. The van der Waals surface area contributed by atoms with Gasteiger partial charge >= 0.3 is 7.75 Å². The van der Waals surface area contributed by atoms with Gasteiger partial charge in [-0.15, -0.1) is 0 Å². The first-order valence-electron chi connectivity index (χ1n) is 12.1. The lowest BCUT2D eigenvalue weighted by molar-refractivity contribution is 0.225. The van der Waals surface area contributed by atoms with Crippen LogP contribution in [0.1, 0.15) is 57.4 Å². The van der Waals surface area contributed by atoms with Gasteiger partial charge < -0.3 is 10.4 Å². The molecule has 0 fully saturated rings. The maximum absolute atomic E-state index is 13.0. The van der Waals surface area contributed by atoms with Crippen molar-refractivity contribution in [3.8, 4) is 6.07 Å². The molecule has 0 aliphatic heterocycles. The Kier molecular flexibility index (Phi) is 10.7. The second kappa shape index (κ2) is 13.5. The van der Waals surface area contributed by atoms with Gasteiger partial charge in [0.2, 0.25) is 0 Å². The Hall–Kier alpha value is -2.26. The number of aliphatic hydroxyl groups is 1. The third kappa shape index (κ3) is 8.11.